The third kappa shape index (κ3) is 8.27. The number of amides is 2. The standard InChI is InChI=1S/C17H26N4O4/c18-9-5-4-8-14(17(25)20-11-15(22)23)21-16(24)13(19)10-12-6-2-1-3-7-12/h1-3,6-7,13-14H,4-5,8-11,18-19H2,(H,20,25)(H,21,24)(H,22,23)/t13-,14-/m1/s1. The minimum absolute atomic E-state index is 0.346. The summed E-state index contributed by atoms with van der Waals surface area (Å²) in [5, 5.41) is 13.5. The minimum atomic E-state index is -1.15. The van der Waals surface area contributed by atoms with Crippen LogP contribution in [0.3, 0.4) is 0 Å². The molecule has 8 heteroatoms. The van der Waals surface area contributed by atoms with Gasteiger partial charge in [-0.2, -0.15) is 0 Å². The van der Waals surface area contributed by atoms with Gasteiger partial charge in [0.05, 0.1) is 6.04 Å². The van der Waals surface area contributed by atoms with E-state index in [0.29, 0.717) is 32.2 Å². The second kappa shape index (κ2) is 11.2. The lowest BCUT2D eigenvalue weighted by molar-refractivity contribution is -0.138. The molecule has 0 aromatic heterocycles. The number of nitrogens with one attached hydrogen (secondary N) is 2. The van der Waals surface area contributed by atoms with E-state index in [1.807, 2.05) is 30.3 Å². The third-order valence-corrected chi connectivity index (χ3v) is 3.63. The van der Waals surface area contributed by atoms with Crippen LogP contribution in [0.5, 0.6) is 0 Å². The van der Waals surface area contributed by atoms with Crippen molar-refractivity contribution < 1.29 is 19.5 Å². The van der Waals surface area contributed by atoms with Gasteiger partial charge in [-0.05, 0) is 37.8 Å². The summed E-state index contributed by atoms with van der Waals surface area (Å²) in [6.45, 7) is -0.0247. The Labute approximate surface area is 147 Å². The maximum Gasteiger partial charge on any atom is 0.322 e. The molecule has 0 aliphatic carbocycles. The van der Waals surface area contributed by atoms with Crippen molar-refractivity contribution in [3.63, 3.8) is 0 Å². The van der Waals surface area contributed by atoms with Crippen molar-refractivity contribution in [1.82, 2.24) is 10.6 Å². The Morgan fingerprint density at radius 1 is 1.08 bits per heavy atom. The first kappa shape index (κ1) is 20.6. The summed E-state index contributed by atoms with van der Waals surface area (Å²) in [4.78, 5) is 35.0. The van der Waals surface area contributed by atoms with E-state index in [4.69, 9.17) is 16.6 Å². The molecule has 0 saturated heterocycles. The van der Waals surface area contributed by atoms with Gasteiger partial charge in [-0.3, -0.25) is 14.4 Å². The fraction of sp³-hybridized carbons (Fsp3) is 0.471. The number of aliphatic carboxylic acids is 1. The van der Waals surface area contributed by atoms with Crippen LogP contribution in [0.15, 0.2) is 30.3 Å². The number of rotatable bonds is 11. The van der Waals surface area contributed by atoms with Crippen LogP contribution in [0.25, 0.3) is 0 Å². The average molecular weight is 350 g/mol. The van der Waals surface area contributed by atoms with Crippen LogP contribution in [0.2, 0.25) is 0 Å². The minimum Gasteiger partial charge on any atom is -0.480 e. The molecule has 1 aromatic carbocycles. The lowest BCUT2D eigenvalue weighted by atomic mass is 10.0. The molecule has 0 radical (unpaired) electrons. The van der Waals surface area contributed by atoms with Crippen molar-refractivity contribution >= 4 is 17.8 Å². The lowest BCUT2D eigenvalue weighted by Gasteiger charge is -2.20. The highest BCUT2D eigenvalue weighted by Crippen LogP contribution is 2.04. The van der Waals surface area contributed by atoms with Crippen molar-refractivity contribution in [2.75, 3.05) is 13.1 Å². The molecule has 8 nitrogen and oxygen atoms in total. The zero-order valence-electron chi connectivity index (χ0n) is 14.1. The molecule has 0 fully saturated rings. The molecular weight excluding hydrogens is 324 g/mol. The molecular formula is C17H26N4O4. The van der Waals surface area contributed by atoms with Gasteiger partial charge in [0, 0.05) is 0 Å². The van der Waals surface area contributed by atoms with Gasteiger partial charge in [-0.15, -0.1) is 0 Å². The number of carboxylic acid groups (broad SMARTS) is 1. The molecule has 0 spiro atoms. The van der Waals surface area contributed by atoms with E-state index < -0.39 is 36.4 Å². The van der Waals surface area contributed by atoms with E-state index in [1.54, 1.807) is 0 Å². The molecule has 0 unspecified atom stereocenters. The van der Waals surface area contributed by atoms with Gasteiger partial charge in [0.15, 0.2) is 0 Å². The second-order valence-electron chi connectivity index (χ2n) is 5.75. The van der Waals surface area contributed by atoms with Gasteiger partial charge in [0.2, 0.25) is 11.8 Å². The predicted octanol–water partition coefficient (Wildman–Crippen LogP) is -0.629. The van der Waals surface area contributed by atoms with Gasteiger partial charge in [0.1, 0.15) is 12.6 Å². The number of benzene rings is 1. The number of hydrogen-bond donors (Lipinski definition) is 5. The maximum absolute atomic E-state index is 12.3. The Morgan fingerprint density at radius 2 is 1.76 bits per heavy atom. The topological polar surface area (TPSA) is 148 Å². The summed E-state index contributed by atoms with van der Waals surface area (Å²) < 4.78 is 0. The van der Waals surface area contributed by atoms with Crippen LogP contribution < -0.4 is 22.1 Å². The molecule has 2 atom stereocenters. The first-order valence-corrected chi connectivity index (χ1v) is 8.23. The summed E-state index contributed by atoms with van der Waals surface area (Å²) in [6, 6.07) is 7.68. The van der Waals surface area contributed by atoms with Crippen LogP contribution >= 0.6 is 0 Å². The van der Waals surface area contributed by atoms with Crippen LogP contribution in [0, 0.1) is 0 Å². The fourth-order valence-electron chi connectivity index (χ4n) is 2.29. The van der Waals surface area contributed by atoms with Crippen molar-refractivity contribution in [2.45, 2.75) is 37.8 Å². The molecule has 1 rings (SSSR count). The highest BCUT2D eigenvalue weighted by Gasteiger charge is 2.23. The summed E-state index contributed by atoms with van der Waals surface area (Å²) >= 11 is 0. The van der Waals surface area contributed by atoms with E-state index in [0.717, 1.165) is 5.56 Å². The van der Waals surface area contributed by atoms with Gasteiger partial charge < -0.3 is 27.2 Å². The number of hydrogen-bond acceptors (Lipinski definition) is 5. The number of carbonyl (C=O) groups is 3. The van der Waals surface area contributed by atoms with E-state index in [1.165, 1.54) is 0 Å². The molecule has 1 aromatic rings. The quantitative estimate of drug-likeness (QED) is 0.336. The van der Waals surface area contributed by atoms with E-state index in [9.17, 15) is 14.4 Å². The second-order valence-corrected chi connectivity index (χ2v) is 5.75. The molecule has 138 valence electrons. The Kier molecular flexibility index (Phi) is 9.20. The zero-order valence-corrected chi connectivity index (χ0v) is 14.1. The number of nitrogens with two attached hydrogens (primary N) is 2. The average Bonchev–Trinajstić information content (AvgIpc) is 2.59. The number of carbonyl (C=O) groups excluding carboxylic acids is 2. The highest BCUT2D eigenvalue weighted by atomic mass is 16.4. The number of carboxylic acids is 1. The maximum atomic E-state index is 12.3. The molecule has 0 bridgehead atoms. The molecule has 0 aliphatic heterocycles. The van der Waals surface area contributed by atoms with E-state index in [-0.39, 0.29) is 0 Å². The monoisotopic (exact) mass is 350 g/mol. The van der Waals surface area contributed by atoms with Crippen LogP contribution in [0.4, 0.5) is 0 Å². The van der Waals surface area contributed by atoms with Gasteiger partial charge in [-0.25, -0.2) is 0 Å². The Morgan fingerprint density at radius 3 is 2.36 bits per heavy atom. The molecule has 0 saturated carbocycles. The van der Waals surface area contributed by atoms with Crippen molar-refractivity contribution in [3.05, 3.63) is 35.9 Å². The Hall–Kier alpha value is -2.45. The van der Waals surface area contributed by atoms with E-state index in [2.05, 4.69) is 10.6 Å². The first-order valence-electron chi connectivity index (χ1n) is 8.23. The Bertz CT molecular complexity index is 565. The van der Waals surface area contributed by atoms with Crippen LogP contribution in [-0.4, -0.2) is 48.1 Å². The summed E-state index contributed by atoms with van der Waals surface area (Å²) in [5.74, 6) is -2.15. The smallest absolute Gasteiger partial charge is 0.322 e. The Balaban J connectivity index is 2.62. The summed E-state index contributed by atoms with van der Waals surface area (Å²) in [5.41, 5.74) is 12.3. The van der Waals surface area contributed by atoms with E-state index >= 15 is 0 Å². The fourth-order valence-corrected chi connectivity index (χ4v) is 2.29. The molecule has 0 aliphatic rings. The van der Waals surface area contributed by atoms with Gasteiger partial charge in [-0.1, -0.05) is 30.3 Å². The number of unbranched alkanes of at least 4 members (excludes halogenated alkanes) is 1. The third-order valence-electron chi connectivity index (χ3n) is 3.63. The summed E-state index contributed by atoms with van der Waals surface area (Å²) in [6.07, 6.45) is 2.05. The SMILES string of the molecule is NCCCC[C@@H](NC(=O)[C@H](N)Cc1ccccc1)C(=O)NCC(=O)O. The zero-order chi connectivity index (χ0) is 18.7. The highest BCUT2D eigenvalue weighted by molar-refractivity contribution is 5.91. The van der Waals surface area contributed by atoms with Crippen molar-refractivity contribution in [3.8, 4) is 0 Å². The summed E-state index contributed by atoms with van der Waals surface area (Å²) in [7, 11) is 0. The lowest BCUT2D eigenvalue weighted by Crippen LogP contribution is -2.52. The molecule has 25 heavy (non-hydrogen) atoms. The van der Waals surface area contributed by atoms with Gasteiger partial charge in [0.25, 0.3) is 0 Å². The van der Waals surface area contributed by atoms with Crippen molar-refractivity contribution in [2.24, 2.45) is 11.5 Å². The van der Waals surface area contributed by atoms with Crippen molar-refractivity contribution in [1.29, 1.82) is 0 Å². The van der Waals surface area contributed by atoms with Crippen LogP contribution in [0.1, 0.15) is 24.8 Å². The first-order chi connectivity index (χ1) is 11.9. The molecule has 0 heterocycles. The molecule has 7 N–H and O–H groups in total. The predicted molar refractivity (Wildman–Crippen MR) is 93.6 cm³/mol. The molecule has 2 amide bonds. The normalized spacial score (nSPS) is 12.9. The van der Waals surface area contributed by atoms with Gasteiger partial charge >= 0.3 is 5.97 Å². The van der Waals surface area contributed by atoms with Crippen LogP contribution in [-0.2, 0) is 20.8 Å². The largest absolute Gasteiger partial charge is 0.480 e.